The second-order valence-corrected chi connectivity index (χ2v) is 8.93. The molecule has 5 rings (SSSR count). The Morgan fingerprint density at radius 2 is 1.77 bits per heavy atom. The van der Waals surface area contributed by atoms with E-state index in [1.165, 1.54) is 0 Å². The average Bonchev–Trinajstić information content (AvgIpc) is 3.21. The van der Waals surface area contributed by atoms with Gasteiger partial charge in [-0.1, -0.05) is 47.5 Å². The summed E-state index contributed by atoms with van der Waals surface area (Å²) in [7, 11) is 0. The standard InChI is InChI=1S/C21H12Cl2N2O4S/c22-10-6-4-9(5-7-10)14-16-18(30-17(14)19(27)28)21(8-13(26)24-16)11-2-1-3-12(23)15(11)25-20(21)29/h1-7H,8H2,(H,24,26)(H,25,29)(H,27,28). The van der Waals surface area contributed by atoms with Gasteiger partial charge in [-0.25, -0.2) is 4.79 Å². The van der Waals surface area contributed by atoms with Gasteiger partial charge in [0.25, 0.3) is 0 Å². The fourth-order valence-electron chi connectivity index (χ4n) is 4.15. The molecule has 0 aliphatic carbocycles. The van der Waals surface area contributed by atoms with Crippen LogP contribution in [0.2, 0.25) is 10.0 Å². The third-order valence-electron chi connectivity index (χ3n) is 5.41. The van der Waals surface area contributed by atoms with E-state index in [4.69, 9.17) is 23.2 Å². The number of benzene rings is 2. The first-order valence-electron chi connectivity index (χ1n) is 8.89. The molecule has 150 valence electrons. The Bertz CT molecular complexity index is 1270. The molecule has 3 N–H and O–H groups in total. The second-order valence-electron chi connectivity index (χ2n) is 7.07. The number of fused-ring (bicyclic) bond motifs is 4. The number of aromatic carboxylic acids is 1. The summed E-state index contributed by atoms with van der Waals surface area (Å²) in [6, 6.07) is 11.8. The highest BCUT2D eigenvalue weighted by atomic mass is 35.5. The molecule has 3 heterocycles. The van der Waals surface area contributed by atoms with Crippen molar-refractivity contribution in [3.8, 4) is 11.1 Å². The predicted octanol–water partition coefficient (Wildman–Crippen LogP) is 5.00. The molecule has 0 saturated carbocycles. The fourth-order valence-corrected chi connectivity index (χ4v) is 5.81. The van der Waals surface area contributed by atoms with Gasteiger partial charge in [0.15, 0.2) is 0 Å². The van der Waals surface area contributed by atoms with Crippen LogP contribution in [-0.4, -0.2) is 22.9 Å². The smallest absolute Gasteiger partial charge is 0.346 e. The van der Waals surface area contributed by atoms with E-state index in [0.29, 0.717) is 43.0 Å². The number of rotatable bonds is 2. The molecule has 1 atom stereocenters. The lowest BCUT2D eigenvalue weighted by Gasteiger charge is -2.31. The maximum Gasteiger partial charge on any atom is 0.346 e. The Labute approximate surface area is 184 Å². The monoisotopic (exact) mass is 458 g/mol. The first-order chi connectivity index (χ1) is 14.3. The highest BCUT2D eigenvalue weighted by Crippen LogP contribution is 2.57. The molecule has 6 nitrogen and oxygen atoms in total. The first kappa shape index (κ1) is 19.1. The number of hydrogen-bond acceptors (Lipinski definition) is 4. The van der Waals surface area contributed by atoms with E-state index in [2.05, 4.69) is 10.6 Å². The van der Waals surface area contributed by atoms with Crippen molar-refractivity contribution in [3.05, 3.63) is 67.8 Å². The number of halogens is 2. The van der Waals surface area contributed by atoms with Crippen molar-refractivity contribution in [3.63, 3.8) is 0 Å². The SMILES string of the molecule is O=C1CC2(C(=O)Nc3c(Cl)cccc32)c2sc(C(=O)O)c(-c3ccc(Cl)cc3)c2N1. The molecule has 30 heavy (non-hydrogen) atoms. The minimum absolute atomic E-state index is 0.0344. The van der Waals surface area contributed by atoms with Crippen molar-refractivity contribution in [1.82, 2.24) is 0 Å². The molecule has 1 unspecified atom stereocenters. The van der Waals surface area contributed by atoms with Crippen molar-refractivity contribution in [1.29, 1.82) is 0 Å². The summed E-state index contributed by atoms with van der Waals surface area (Å²) in [5.74, 6) is -1.92. The number of nitrogens with one attached hydrogen (secondary N) is 2. The summed E-state index contributed by atoms with van der Waals surface area (Å²) in [6.45, 7) is 0. The summed E-state index contributed by atoms with van der Waals surface area (Å²) in [5.41, 5.74) is 0.947. The van der Waals surface area contributed by atoms with E-state index in [1.54, 1.807) is 42.5 Å². The first-order valence-corrected chi connectivity index (χ1v) is 10.5. The van der Waals surface area contributed by atoms with Crippen molar-refractivity contribution in [2.75, 3.05) is 10.6 Å². The van der Waals surface area contributed by atoms with Gasteiger partial charge in [0.05, 0.1) is 27.7 Å². The molecule has 9 heteroatoms. The van der Waals surface area contributed by atoms with Gasteiger partial charge in [0, 0.05) is 10.6 Å². The lowest BCUT2D eigenvalue weighted by molar-refractivity contribution is -0.125. The maximum atomic E-state index is 13.2. The number of carbonyl (C=O) groups is 3. The van der Waals surface area contributed by atoms with Crippen LogP contribution in [0.1, 0.15) is 26.5 Å². The Balaban J connectivity index is 1.85. The van der Waals surface area contributed by atoms with E-state index < -0.39 is 17.3 Å². The topological polar surface area (TPSA) is 95.5 Å². The van der Waals surface area contributed by atoms with E-state index in [0.717, 1.165) is 11.3 Å². The number of thiophene rings is 1. The molecule has 2 aromatic carbocycles. The number of carboxylic acids is 1. The quantitative estimate of drug-likeness (QED) is 0.503. The summed E-state index contributed by atoms with van der Waals surface area (Å²) < 4.78 is 0. The Morgan fingerprint density at radius 1 is 1.03 bits per heavy atom. The highest BCUT2D eigenvalue weighted by molar-refractivity contribution is 7.15. The van der Waals surface area contributed by atoms with Crippen molar-refractivity contribution < 1.29 is 19.5 Å². The molecular weight excluding hydrogens is 447 g/mol. The zero-order chi connectivity index (χ0) is 21.2. The number of carboxylic acid groups (broad SMARTS) is 1. The minimum Gasteiger partial charge on any atom is -0.477 e. The van der Waals surface area contributed by atoms with Crippen LogP contribution in [-0.2, 0) is 15.0 Å². The van der Waals surface area contributed by atoms with Gasteiger partial charge in [-0.2, -0.15) is 0 Å². The zero-order valence-corrected chi connectivity index (χ0v) is 17.4. The van der Waals surface area contributed by atoms with Gasteiger partial charge in [-0.15, -0.1) is 11.3 Å². The lowest BCUT2D eigenvalue weighted by atomic mass is 9.74. The minimum atomic E-state index is -1.34. The van der Waals surface area contributed by atoms with Gasteiger partial charge in [0.2, 0.25) is 11.8 Å². The Hall–Kier alpha value is -2.87. The van der Waals surface area contributed by atoms with Crippen LogP contribution in [0.3, 0.4) is 0 Å². The van der Waals surface area contributed by atoms with Crippen LogP contribution in [0.25, 0.3) is 11.1 Å². The summed E-state index contributed by atoms with van der Waals surface area (Å²) in [6.07, 6.45) is -0.140. The second kappa shape index (κ2) is 6.57. The van der Waals surface area contributed by atoms with Crippen molar-refractivity contribution in [2.45, 2.75) is 11.8 Å². The molecule has 3 aromatic rings. The van der Waals surface area contributed by atoms with Gasteiger partial charge in [-0.3, -0.25) is 9.59 Å². The molecular formula is C21H12Cl2N2O4S. The van der Waals surface area contributed by atoms with Gasteiger partial charge in [0.1, 0.15) is 10.3 Å². The van der Waals surface area contributed by atoms with E-state index in [9.17, 15) is 19.5 Å². The molecule has 1 aromatic heterocycles. The lowest BCUT2D eigenvalue weighted by Crippen LogP contribution is -2.42. The summed E-state index contributed by atoms with van der Waals surface area (Å²) >= 11 is 13.3. The molecule has 2 aliphatic rings. The number of para-hydroxylation sites is 1. The molecule has 2 amide bonds. The number of carbonyl (C=O) groups excluding carboxylic acids is 2. The highest BCUT2D eigenvalue weighted by Gasteiger charge is 2.55. The summed E-state index contributed by atoms with van der Waals surface area (Å²) in [5, 5.41) is 16.3. The van der Waals surface area contributed by atoms with Crippen LogP contribution in [0, 0.1) is 0 Å². The predicted molar refractivity (Wildman–Crippen MR) is 116 cm³/mol. The van der Waals surface area contributed by atoms with Crippen LogP contribution in [0.5, 0.6) is 0 Å². The van der Waals surface area contributed by atoms with Crippen LogP contribution in [0.4, 0.5) is 11.4 Å². The fraction of sp³-hybridized carbons (Fsp3) is 0.0952. The van der Waals surface area contributed by atoms with Gasteiger partial charge in [-0.05, 0) is 29.3 Å². The van der Waals surface area contributed by atoms with Crippen LogP contribution >= 0.6 is 34.5 Å². The summed E-state index contributed by atoms with van der Waals surface area (Å²) in [4.78, 5) is 38.6. The Kier molecular flexibility index (Phi) is 4.18. The van der Waals surface area contributed by atoms with E-state index >= 15 is 0 Å². The Morgan fingerprint density at radius 3 is 2.47 bits per heavy atom. The van der Waals surface area contributed by atoms with E-state index in [1.807, 2.05) is 0 Å². The third kappa shape index (κ3) is 2.52. The normalized spacial score (nSPS) is 19.3. The van der Waals surface area contributed by atoms with E-state index in [-0.39, 0.29) is 17.2 Å². The molecule has 0 fully saturated rings. The average molecular weight is 459 g/mol. The van der Waals surface area contributed by atoms with Crippen molar-refractivity contribution in [2.24, 2.45) is 0 Å². The van der Waals surface area contributed by atoms with Gasteiger partial charge >= 0.3 is 5.97 Å². The van der Waals surface area contributed by atoms with Gasteiger partial charge < -0.3 is 15.7 Å². The number of amides is 2. The molecule has 0 saturated heterocycles. The van der Waals surface area contributed by atoms with Crippen LogP contribution < -0.4 is 10.6 Å². The molecule has 1 spiro atoms. The zero-order valence-electron chi connectivity index (χ0n) is 15.1. The number of hydrogen-bond donors (Lipinski definition) is 3. The van der Waals surface area contributed by atoms with Crippen molar-refractivity contribution >= 4 is 63.7 Å². The van der Waals surface area contributed by atoms with Crippen LogP contribution in [0.15, 0.2) is 42.5 Å². The third-order valence-corrected chi connectivity index (χ3v) is 7.32. The number of anilines is 2. The molecule has 0 bridgehead atoms. The largest absolute Gasteiger partial charge is 0.477 e. The molecule has 0 radical (unpaired) electrons. The molecule has 2 aliphatic heterocycles. The maximum absolute atomic E-state index is 13.2.